The van der Waals surface area contributed by atoms with Crippen molar-refractivity contribution >= 4 is 27.5 Å². The second kappa shape index (κ2) is 5.91. The summed E-state index contributed by atoms with van der Waals surface area (Å²) in [5, 5.41) is 9.62. The van der Waals surface area contributed by atoms with E-state index in [-0.39, 0.29) is 12.1 Å². The second-order valence-electron chi connectivity index (χ2n) is 5.42. The van der Waals surface area contributed by atoms with Crippen molar-refractivity contribution in [3.8, 4) is 6.07 Å². The minimum absolute atomic E-state index is 0.230. The van der Waals surface area contributed by atoms with Crippen LogP contribution in [0.5, 0.6) is 0 Å². The van der Waals surface area contributed by atoms with Crippen LogP contribution in [-0.4, -0.2) is 15.5 Å². The van der Waals surface area contributed by atoms with E-state index in [1.165, 1.54) is 4.57 Å². The summed E-state index contributed by atoms with van der Waals surface area (Å²) in [4.78, 5) is 29.7. The summed E-state index contributed by atoms with van der Waals surface area (Å²) < 4.78 is 1.52. The zero-order valence-electron chi connectivity index (χ0n) is 13.2. The minimum atomic E-state index is -0.561. The highest BCUT2D eigenvalue weighted by Gasteiger charge is 2.19. The van der Waals surface area contributed by atoms with E-state index >= 15 is 0 Å². The summed E-state index contributed by atoms with van der Waals surface area (Å²) in [6.07, 6.45) is 0. The molecule has 2 heterocycles. The Morgan fingerprint density at radius 2 is 2.08 bits per heavy atom. The van der Waals surface area contributed by atoms with Crippen LogP contribution in [0.3, 0.4) is 0 Å². The highest BCUT2D eigenvalue weighted by molar-refractivity contribution is 7.20. The molecule has 120 valence electrons. The van der Waals surface area contributed by atoms with Gasteiger partial charge in [-0.3, -0.25) is 14.2 Å². The van der Waals surface area contributed by atoms with E-state index in [0.717, 1.165) is 16.9 Å². The Balaban J connectivity index is 2.23. The first kappa shape index (κ1) is 15.9. The van der Waals surface area contributed by atoms with E-state index in [0.29, 0.717) is 32.0 Å². The molecule has 0 aliphatic heterocycles. The molecule has 0 spiro atoms. The average Bonchev–Trinajstić information content (AvgIpc) is 2.88. The van der Waals surface area contributed by atoms with Gasteiger partial charge < -0.3 is 5.73 Å². The number of amides is 1. The van der Waals surface area contributed by atoms with Crippen LogP contribution in [0.1, 0.15) is 32.2 Å². The molecule has 2 aromatic heterocycles. The molecule has 2 N–H and O–H groups in total. The number of nitrogens with zero attached hydrogens (tertiary/aromatic N) is 3. The van der Waals surface area contributed by atoms with E-state index < -0.39 is 5.91 Å². The van der Waals surface area contributed by atoms with Gasteiger partial charge in [-0.2, -0.15) is 5.26 Å². The number of hydrogen-bond donors (Lipinski definition) is 1. The molecule has 0 aliphatic rings. The Morgan fingerprint density at radius 1 is 1.38 bits per heavy atom. The largest absolute Gasteiger partial charge is 0.365 e. The molecular formula is C17H14N4O2S. The highest BCUT2D eigenvalue weighted by atomic mass is 32.1. The third kappa shape index (κ3) is 2.47. The van der Waals surface area contributed by atoms with Gasteiger partial charge in [-0.1, -0.05) is 18.2 Å². The van der Waals surface area contributed by atoms with E-state index in [9.17, 15) is 14.9 Å². The van der Waals surface area contributed by atoms with Gasteiger partial charge in [0.15, 0.2) is 0 Å². The number of nitrogens with two attached hydrogens (primary N) is 1. The third-order valence-corrected chi connectivity index (χ3v) is 5.13. The number of aryl methyl sites for hydroxylation is 2. The lowest BCUT2D eigenvalue weighted by Crippen LogP contribution is -2.24. The van der Waals surface area contributed by atoms with Crippen molar-refractivity contribution in [3.05, 3.63) is 62.0 Å². The van der Waals surface area contributed by atoms with Gasteiger partial charge in [0.1, 0.15) is 10.7 Å². The molecule has 0 fully saturated rings. The maximum atomic E-state index is 12.9. The number of rotatable bonds is 3. The number of carbonyl (C=O) groups is 1. The monoisotopic (exact) mass is 338 g/mol. The Morgan fingerprint density at radius 3 is 2.75 bits per heavy atom. The number of fused-ring (bicyclic) bond motifs is 1. The summed E-state index contributed by atoms with van der Waals surface area (Å²) in [6.45, 7) is 3.68. The number of hydrogen-bond acceptors (Lipinski definition) is 5. The molecular weight excluding hydrogens is 324 g/mol. The number of carbonyl (C=O) groups excluding carboxylic acids is 1. The number of benzene rings is 1. The normalized spacial score (nSPS) is 10.7. The second-order valence-corrected chi connectivity index (χ2v) is 6.42. The van der Waals surface area contributed by atoms with Crippen LogP contribution in [0.25, 0.3) is 10.2 Å². The van der Waals surface area contributed by atoms with Crippen molar-refractivity contribution in [2.75, 3.05) is 0 Å². The van der Waals surface area contributed by atoms with Gasteiger partial charge in [-0.05, 0) is 31.0 Å². The van der Waals surface area contributed by atoms with Crippen LogP contribution >= 0.6 is 11.3 Å². The molecule has 0 aliphatic carbocycles. The zero-order valence-corrected chi connectivity index (χ0v) is 14.0. The van der Waals surface area contributed by atoms with Crippen molar-refractivity contribution in [2.24, 2.45) is 5.73 Å². The zero-order chi connectivity index (χ0) is 17.4. The first-order chi connectivity index (χ1) is 11.4. The summed E-state index contributed by atoms with van der Waals surface area (Å²) >= 11 is 1.13. The van der Waals surface area contributed by atoms with Gasteiger partial charge in [0, 0.05) is 0 Å². The molecule has 0 saturated heterocycles. The predicted octanol–water partition coefficient (Wildman–Crippen LogP) is 2.09. The van der Waals surface area contributed by atoms with E-state index in [1.807, 2.05) is 12.1 Å². The van der Waals surface area contributed by atoms with Crippen LogP contribution in [0.4, 0.5) is 0 Å². The van der Waals surface area contributed by atoms with Gasteiger partial charge in [-0.25, -0.2) is 4.98 Å². The quantitative estimate of drug-likeness (QED) is 0.790. The lowest BCUT2D eigenvalue weighted by atomic mass is 10.1. The van der Waals surface area contributed by atoms with Crippen LogP contribution < -0.4 is 11.3 Å². The molecule has 7 heteroatoms. The van der Waals surface area contributed by atoms with Crippen molar-refractivity contribution in [1.82, 2.24) is 9.55 Å². The van der Waals surface area contributed by atoms with Crippen molar-refractivity contribution < 1.29 is 4.79 Å². The predicted molar refractivity (Wildman–Crippen MR) is 92.1 cm³/mol. The van der Waals surface area contributed by atoms with Gasteiger partial charge >= 0.3 is 0 Å². The maximum Gasteiger partial charge on any atom is 0.262 e. The molecule has 6 nitrogen and oxygen atoms in total. The number of primary amides is 1. The van der Waals surface area contributed by atoms with E-state index in [2.05, 4.69) is 11.1 Å². The van der Waals surface area contributed by atoms with E-state index in [4.69, 9.17) is 5.73 Å². The first-order valence-electron chi connectivity index (χ1n) is 7.22. The lowest BCUT2D eigenvalue weighted by Gasteiger charge is -2.10. The highest BCUT2D eigenvalue weighted by Crippen LogP contribution is 2.27. The van der Waals surface area contributed by atoms with Crippen molar-refractivity contribution in [1.29, 1.82) is 5.26 Å². The van der Waals surface area contributed by atoms with Gasteiger partial charge in [0.25, 0.3) is 11.5 Å². The third-order valence-electron chi connectivity index (χ3n) is 3.93. The molecule has 0 atom stereocenters. The Hall–Kier alpha value is -2.98. The molecule has 24 heavy (non-hydrogen) atoms. The number of aromatic nitrogens is 2. The minimum Gasteiger partial charge on any atom is -0.365 e. The molecule has 3 aromatic rings. The molecule has 1 amide bonds. The van der Waals surface area contributed by atoms with Crippen molar-refractivity contribution in [3.63, 3.8) is 0 Å². The smallest absolute Gasteiger partial charge is 0.262 e. The Bertz CT molecular complexity index is 1070. The van der Waals surface area contributed by atoms with Crippen LogP contribution in [-0.2, 0) is 6.54 Å². The fourth-order valence-corrected chi connectivity index (χ4v) is 3.75. The molecule has 1 aromatic carbocycles. The molecule has 0 bridgehead atoms. The summed E-state index contributed by atoms with van der Waals surface area (Å²) in [7, 11) is 0. The topological polar surface area (TPSA) is 102 Å². The first-order valence-corrected chi connectivity index (χ1v) is 8.04. The van der Waals surface area contributed by atoms with Crippen LogP contribution in [0.2, 0.25) is 0 Å². The average molecular weight is 338 g/mol. The summed E-state index contributed by atoms with van der Waals surface area (Å²) in [6, 6.07) is 9.25. The van der Waals surface area contributed by atoms with Crippen LogP contribution in [0.15, 0.2) is 29.1 Å². The van der Waals surface area contributed by atoms with Crippen molar-refractivity contribution in [2.45, 2.75) is 20.4 Å². The lowest BCUT2D eigenvalue weighted by molar-refractivity contribution is 0.100. The maximum absolute atomic E-state index is 12.9. The SMILES string of the molecule is Cc1c(C(N)=O)sc2nc(C)n(Cc3ccccc3C#N)c(=O)c12. The fourth-order valence-electron chi connectivity index (χ4n) is 2.68. The molecule has 0 saturated carbocycles. The Kier molecular flexibility index (Phi) is 3.91. The van der Waals surface area contributed by atoms with Gasteiger partial charge in [0.2, 0.25) is 0 Å². The molecule has 0 radical (unpaired) electrons. The van der Waals surface area contributed by atoms with Gasteiger partial charge in [-0.15, -0.1) is 11.3 Å². The fraction of sp³-hybridized carbons (Fsp3) is 0.176. The summed E-state index contributed by atoms with van der Waals surface area (Å²) in [5.74, 6) is -0.0357. The van der Waals surface area contributed by atoms with Gasteiger partial charge in [0.05, 0.1) is 28.4 Å². The number of thiophene rings is 1. The molecule has 0 unspecified atom stereocenters. The molecule has 3 rings (SSSR count). The van der Waals surface area contributed by atoms with Crippen LogP contribution in [0, 0.1) is 25.2 Å². The van der Waals surface area contributed by atoms with E-state index in [1.54, 1.807) is 26.0 Å². The number of nitriles is 1. The summed E-state index contributed by atoms with van der Waals surface area (Å²) in [5.41, 5.74) is 6.95. The Labute approximate surface area is 141 Å². The standard InChI is InChI=1S/C17H14N4O2S/c1-9-13-16(24-14(9)15(19)22)20-10(2)21(17(13)23)8-12-6-4-3-5-11(12)7-18/h3-6H,8H2,1-2H3,(H2,19,22).